The van der Waals surface area contributed by atoms with E-state index in [1.165, 1.54) is 52.5 Å². The van der Waals surface area contributed by atoms with Crippen LogP contribution in [0.1, 0.15) is 0 Å². The second-order valence-corrected chi connectivity index (χ2v) is 16.0. The van der Waals surface area contributed by atoms with Crippen molar-refractivity contribution in [3.8, 4) is 28.6 Å². The first kappa shape index (κ1) is 31.6. The van der Waals surface area contributed by atoms with Crippen molar-refractivity contribution in [1.82, 2.24) is 14.5 Å². The first-order valence-electron chi connectivity index (χ1n) is 19.5. The number of hydrogen-bond acceptors (Lipinski definition) is 5. The van der Waals surface area contributed by atoms with Gasteiger partial charge in [-0.15, -0.1) is 11.3 Å². The molecule has 0 atom stereocenters. The molecule has 0 spiro atoms. The lowest BCUT2D eigenvalue weighted by Crippen LogP contribution is -2.15. The standard InChI is InChI=1S/C52H30N4OS/c1-2-16-34(17-3-1)55-42-24-12-13-25-44(42)57-45-29-33(26-27-43(45)55)49-52(54-40-22-10-9-21-39(40)53-49)56-41-23-11-8-20-37(41)47-35-18-6-7-19-36(35)48-38-28-31-14-4-5-15-32(31)30-46(38)58-51(48)50(47)56/h1-30H. The molecule has 13 rings (SSSR count). The summed E-state index contributed by atoms with van der Waals surface area (Å²) in [6.45, 7) is 0. The summed E-state index contributed by atoms with van der Waals surface area (Å²) < 4.78 is 11.6. The van der Waals surface area contributed by atoms with E-state index in [0.29, 0.717) is 0 Å². The van der Waals surface area contributed by atoms with Crippen molar-refractivity contribution in [1.29, 1.82) is 0 Å². The van der Waals surface area contributed by atoms with Crippen molar-refractivity contribution in [2.75, 3.05) is 4.90 Å². The third-order valence-corrected chi connectivity index (χ3v) is 12.8. The van der Waals surface area contributed by atoms with Gasteiger partial charge in [0.25, 0.3) is 0 Å². The number of para-hydroxylation sites is 6. The predicted octanol–water partition coefficient (Wildman–Crippen LogP) is 14.6. The summed E-state index contributed by atoms with van der Waals surface area (Å²) in [7, 11) is 0. The van der Waals surface area contributed by atoms with Gasteiger partial charge in [0.05, 0.1) is 38.1 Å². The summed E-state index contributed by atoms with van der Waals surface area (Å²) in [6, 6.07) is 64.4. The zero-order chi connectivity index (χ0) is 37.9. The van der Waals surface area contributed by atoms with Crippen LogP contribution >= 0.6 is 11.3 Å². The van der Waals surface area contributed by atoms with Gasteiger partial charge in [-0.3, -0.25) is 4.57 Å². The number of rotatable bonds is 3. The molecule has 0 aliphatic carbocycles. The summed E-state index contributed by atoms with van der Waals surface area (Å²) in [5.41, 5.74) is 8.63. The molecule has 0 fully saturated rings. The number of hydrogen-bond donors (Lipinski definition) is 0. The van der Waals surface area contributed by atoms with Crippen molar-refractivity contribution in [3.63, 3.8) is 0 Å². The number of anilines is 3. The second kappa shape index (κ2) is 12.0. The smallest absolute Gasteiger partial charge is 0.165 e. The van der Waals surface area contributed by atoms with Crippen molar-refractivity contribution in [3.05, 3.63) is 182 Å². The molecule has 1 aliphatic rings. The zero-order valence-corrected chi connectivity index (χ0v) is 31.7. The SMILES string of the molecule is c1ccc(N2c3ccccc3Oc3cc(-c4nc5ccccc5nc4-n4c5ccccc5c5c6ccccc6c6c7cc8ccccc8cc7sc6c54)ccc32)cc1. The molecule has 0 N–H and O–H groups in total. The number of aromatic nitrogens is 3. The molecule has 0 saturated heterocycles. The van der Waals surface area contributed by atoms with Crippen LogP contribution in [0, 0.1) is 0 Å². The number of nitrogens with zero attached hydrogens (tertiary/aromatic N) is 4. The van der Waals surface area contributed by atoms with Crippen LogP contribution in [0.15, 0.2) is 182 Å². The summed E-state index contributed by atoms with van der Waals surface area (Å²) in [5, 5.41) is 9.92. The van der Waals surface area contributed by atoms with Gasteiger partial charge in [-0.25, -0.2) is 9.97 Å². The van der Waals surface area contributed by atoms with E-state index in [1.807, 2.05) is 47.7 Å². The Labute approximate surface area is 336 Å². The number of ether oxygens (including phenoxy) is 1. The maximum absolute atomic E-state index is 6.73. The Hall–Kier alpha value is -7.54. The van der Waals surface area contributed by atoms with Gasteiger partial charge in [-0.2, -0.15) is 0 Å². The molecule has 5 nitrogen and oxygen atoms in total. The zero-order valence-electron chi connectivity index (χ0n) is 30.9. The molecule has 0 unspecified atom stereocenters. The lowest BCUT2D eigenvalue weighted by molar-refractivity contribution is 0.477. The number of fused-ring (bicyclic) bond motifs is 14. The molecule has 0 radical (unpaired) electrons. The third kappa shape index (κ3) is 4.46. The number of benzene rings is 9. The van der Waals surface area contributed by atoms with Crippen LogP contribution < -0.4 is 9.64 Å². The molecule has 6 heteroatoms. The minimum Gasteiger partial charge on any atom is -0.453 e. The van der Waals surface area contributed by atoms with Crippen molar-refractivity contribution >= 4 is 103 Å². The lowest BCUT2D eigenvalue weighted by Gasteiger charge is -2.33. The largest absolute Gasteiger partial charge is 0.453 e. The molecule has 3 aromatic heterocycles. The Morgan fingerprint density at radius 2 is 1.14 bits per heavy atom. The highest BCUT2D eigenvalue weighted by Crippen LogP contribution is 2.52. The monoisotopic (exact) mass is 758 g/mol. The van der Waals surface area contributed by atoms with Gasteiger partial charge in [-0.1, -0.05) is 115 Å². The summed E-state index contributed by atoms with van der Waals surface area (Å²) in [6.07, 6.45) is 0. The fraction of sp³-hybridized carbons (Fsp3) is 0. The Kier molecular flexibility index (Phi) is 6.54. The quantitative estimate of drug-likeness (QED) is 0.180. The van der Waals surface area contributed by atoms with E-state index in [2.05, 4.69) is 155 Å². The molecular formula is C52H30N4OS. The molecule has 0 saturated carbocycles. The van der Waals surface area contributed by atoms with Crippen LogP contribution in [0.4, 0.5) is 17.1 Å². The van der Waals surface area contributed by atoms with Gasteiger partial charge in [-0.05, 0) is 88.3 Å². The average Bonchev–Trinajstić information content (AvgIpc) is 3.83. The predicted molar refractivity (Wildman–Crippen MR) is 242 cm³/mol. The van der Waals surface area contributed by atoms with Crippen LogP contribution in [0.25, 0.3) is 91.6 Å². The topological polar surface area (TPSA) is 43.2 Å². The fourth-order valence-electron chi connectivity index (χ4n) is 9.18. The van der Waals surface area contributed by atoms with Crippen LogP contribution in [-0.4, -0.2) is 14.5 Å². The Balaban J connectivity index is 1.15. The first-order valence-corrected chi connectivity index (χ1v) is 20.3. The lowest BCUT2D eigenvalue weighted by atomic mass is 9.98. The fourth-order valence-corrected chi connectivity index (χ4v) is 10.5. The van der Waals surface area contributed by atoms with Crippen LogP contribution in [-0.2, 0) is 0 Å². The molecule has 4 heterocycles. The summed E-state index contributed by atoms with van der Waals surface area (Å²) >= 11 is 1.87. The Morgan fingerprint density at radius 1 is 0.483 bits per heavy atom. The first-order chi connectivity index (χ1) is 28.8. The molecule has 12 aromatic rings. The van der Waals surface area contributed by atoms with Gasteiger partial charge in [0.2, 0.25) is 0 Å². The van der Waals surface area contributed by atoms with E-state index in [1.54, 1.807) is 0 Å². The van der Waals surface area contributed by atoms with Crippen molar-refractivity contribution < 1.29 is 4.74 Å². The van der Waals surface area contributed by atoms with Gasteiger partial charge in [0.1, 0.15) is 5.69 Å². The highest BCUT2D eigenvalue weighted by atomic mass is 32.1. The van der Waals surface area contributed by atoms with E-state index in [0.717, 1.165) is 67.7 Å². The van der Waals surface area contributed by atoms with Gasteiger partial charge < -0.3 is 9.64 Å². The highest BCUT2D eigenvalue weighted by Gasteiger charge is 2.28. The van der Waals surface area contributed by atoms with Crippen molar-refractivity contribution in [2.24, 2.45) is 0 Å². The molecule has 270 valence electrons. The van der Waals surface area contributed by atoms with Crippen LogP contribution in [0.2, 0.25) is 0 Å². The van der Waals surface area contributed by atoms with Gasteiger partial charge >= 0.3 is 0 Å². The second-order valence-electron chi connectivity index (χ2n) is 14.9. The molecule has 9 aromatic carbocycles. The van der Waals surface area contributed by atoms with Gasteiger partial charge in [0.15, 0.2) is 17.3 Å². The van der Waals surface area contributed by atoms with Crippen LogP contribution in [0.3, 0.4) is 0 Å². The minimum atomic E-state index is 0.758. The van der Waals surface area contributed by atoms with Gasteiger partial charge in [0, 0.05) is 37.5 Å². The van der Waals surface area contributed by atoms with Crippen LogP contribution in [0.5, 0.6) is 11.5 Å². The Morgan fingerprint density at radius 3 is 1.98 bits per heavy atom. The third-order valence-electron chi connectivity index (χ3n) is 11.7. The molecule has 58 heavy (non-hydrogen) atoms. The molecule has 0 bridgehead atoms. The minimum absolute atomic E-state index is 0.758. The number of thiophene rings is 1. The maximum Gasteiger partial charge on any atom is 0.165 e. The van der Waals surface area contributed by atoms with E-state index in [-0.39, 0.29) is 0 Å². The normalized spacial score (nSPS) is 12.6. The van der Waals surface area contributed by atoms with E-state index >= 15 is 0 Å². The summed E-state index contributed by atoms with van der Waals surface area (Å²) in [4.78, 5) is 13.3. The van der Waals surface area contributed by atoms with E-state index in [4.69, 9.17) is 14.7 Å². The maximum atomic E-state index is 6.73. The average molecular weight is 759 g/mol. The van der Waals surface area contributed by atoms with E-state index in [9.17, 15) is 0 Å². The highest BCUT2D eigenvalue weighted by molar-refractivity contribution is 7.27. The molecule has 0 amide bonds. The molecule has 1 aliphatic heterocycles. The Bertz CT molecular complexity index is 3680. The van der Waals surface area contributed by atoms with E-state index < -0.39 is 0 Å². The molecular weight excluding hydrogens is 729 g/mol. The summed E-state index contributed by atoms with van der Waals surface area (Å²) in [5.74, 6) is 2.34. The van der Waals surface area contributed by atoms with Crippen molar-refractivity contribution in [2.45, 2.75) is 0 Å².